The Balaban J connectivity index is 1.88. The van der Waals surface area contributed by atoms with Crippen LogP contribution in [0.4, 0.5) is 0 Å². The van der Waals surface area contributed by atoms with Crippen molar-refractivity contribution in [2.75, 3.05) is 26.7 Å². The molecule has 0 aliphatic carbocycles. The van der Waals surface area contributed by atoms with Gasteiger partial charge in [0, 0.05) is 25.1 Å². The third-order valence-electron chi connectivity index (χ3n) is 4.07. The summed E-state index contributed by atoms with van der Waals surface area (Å²) in [6.45, 7) is 2.14. The van der Waals surface area contributed by atoms with Crippen LogP contribution in [0, 0.1) is 23.2 Å². The fourth-order valence-electron chi connectivity index (χ4n) is 3.05. The summed E-state index contributed by atoms with van der Waals surface area (Å²) in [7, 11) is 2.04. The van der Waals surface area contributed by atoms with E-state index in [0.29, 0.717) is 6.61 Å². The van der Waals surface area contributed by atoms with Crippen LogP contribution in [-0.4, -0.2) is 37.6 Å². The molecule has 3 heteroatoms. The highest BCUT2D eigenvalue weighted by atomic mass is 16.5. The summed E-state index contributed by atoms with van der Waals surface area (Å²) in [5.74, 6) is 6.50. The Morgan fingerprint density at radius 2 is 2.16 bits per heavy atom. The molecule has 19 heavy (non-hydrogen) atoms. The molecule has 2 aliphatic rings. The molecule has 0 amide bonds. The molecule has 3 rings (SSSR count). The maximum absolute atomic E-state index is 12.0. The lowest BCUT2D eigenvalue weighted by atomic mass is 9.77. The molecule has 1 aromatic rings. The van der Waals surface area contributed by atoms with Gasteiger partial charge in [0.05, 0.1) is 17.9 Å². The number of rotatable bonds is 0. The first-order valence-corrected chi connectivity index (χ1v) is 6.63. The van der Waals surface area contributed by atoms with Crippen LogP contribution >= 0.6 is 0 Å². The number of benzene rings is 1. The van der Waals surface area contributed by atoms with Crippen LogP contribution in [0.3, 0.4) is 0 Å². The van der Waals surface area contributed by atoms with Crippen LogP contribution in [0.15, 0.2) is 30.3 Å². The number of cyclic esters (lactones) is 1. The molecule has 2 saturated heterocycles. The van der Waals surface area contributed by atoms with E-state index in [4.69, 9.17) is 4.74 Å². The van der Waals surface area contributed by atoms with E-state index in [1.54, 1.807) is 0 Å². The summed E-state index contributed by atoms with van der Waals surface area (Å²) in [5, 5.41) is 0. The average molecular weight is 255 g/mol. The highest BCUT2D eigenvalue weighted by molar-refractivity contribution is 5.80. The van der Waals surface area contributed by atoms with Gasteiger partial charge in [-0.1, -0.05) is 30.0 Å². The molecule has 2 atom stereocenters. The Morgan fingerprint density at radius 3 is 2.84 bits per heavy atom. The van der Waals surface area contributed by atoms with E-state index in [9.17, 15) is 4.79 Å². The van der Waals surface area contributed by atoms with Crippen LogP contribution in [0.1, 0.15) is 12.0 Å². The molecule has 2 aliphatic heterocycles. The van der Waals surface area contributed by atoms with Crippen molar-refractivity contribution >= 4 is 5.97 Å². The second-order valence-corrected chi connectivity index (χ2v) is 5.43. The standard InChI is InChI=1S/C16H17NO2/c1-17-11-14(8-7-13-5-3-2-4-6-13)16(12-17)9-10-19-15(16)18/h2-6,14H,9-12H2,1H3/t14-,16-/m0/s1. The second kappa shape index (κ2) is 4.71. The first kappa shape index (κ1) is 12.3. The second-order valence-electron chi connectivity index (χ2n) is 5.43. The molecular formula is C16H17NO2. The van der Waals surface area contributed by atoms with Crippen LogP contribution in [-0.2, 0) is 9.53 Å². The Bertz CT molecular complexity index is 543. The van der Waals surface area contributed by atoms with Gasteiger partial charge in [0.1, 0.15) is 0 Å². The van der Waals surface area contributed by atoms with Crippen LogP contribution < -0.4 is 0 Å². The molecule has 1 aromatic carbocycles. The van der Waals surface area contributed by atoms with Gasteiger partial charge in [-0.25, -0.2) is 0 Å². The van der Waals surface area contributed by atoms with Crippen molar-refractivity contribution in [3.63, 3.8) is 0 Å². The number of carbonyl (C=O) groups is 1. The monoisotopic (exact) mass is 255 g/mol. The Morgan fingerprint density at radius 1 is 1.37 bits per heavy atom. The van der Waals surface area contributed by atoms with Gasteiger partial charge < -0.3 is 9.64 Å². The van der Waals surface area contributed by atoms with Gasteiger partial charge in [0.25, 0.3) is 0 Å². The van der Waals surface area contributed by atoms with E-state index in [1.807, 2.05) is 37.4 Å². The summed E-state index contributed by atoms with van der Waals surface area (Å²) >= 11 is 0. The quantitative estimate of drug-likeness (QED) is 0.520. The van der Waals surface area contributed by atoms with E-state index >= 15 is 0 Å². The molecule has 0 saturated carbocycles. The molecule has 0 aromatic heterocycles. The lowest BCUT2D eigenvalue weighted by molar-refractivity contribution is -0.146. The zero-order chi connectivity index (χ0) is 13.3. The Hall–Kier alpha value is -1.79. The third kappa shape index (κ3) is 2.13. The number of ether oxygens (including phenoxy) is 1. The number of carbonyl (C=O) groups excluding carboxylic acids is 1. The third-order valence-corrected chi connectivity index (χ3v) is 4.07. The molecule has 2 heterocycles. The van der Waals surface area contributed by atoms with Gasteiger partial charge in [-0.3, -0.25) is 4.79 Å². The van der Waals surface area contributed by atoms with Gasteiger partial charge >= 0.3 is 5.97 Å². The summed E-state index contributed by atoms with van der Waals surface area (Å²) in [6, 6.07) is 9.91. The van der Waals surface area contributed by atoms with Gasteiger partial charge in [0.15, 0.2) is 0 Å². The van der Waals surface area contributed by atoms with Crippen LogP contribution in [0.5, 0.6) is 0 Å². The lowest BCUT2D eigenvalue weighted by Gasteiger charge is -2.21. The normalized spacial score (nSPS) is 30.2. The highest BCUT2D eigenvalue weighted by Gasteiger charge is 2.54. The predicted molar refractivity (Wildman–Crippen MR) is 72.3 cm³/mol. The molecule has 0 radical (unpaired) electrons. The lowest BCUT2D eigenvalue weighted by Crippen LogP contribution is -2.34. The first-order chi connectivity index (χ1) is 9.21. The van der Waals surface area contributed by atoms with Crippen molar-refractivity contribution < 1.29 is 9.53 Å². The fourth-order valence-corrected chi connectivity index (χ4v) is 3.05. The molecular weight excluding hydrogens is 238 g/mol. The molecule has 3 nitrogen and oxygen atoms in total. The van der Waals surface area contributed by atoms with Crippen LogP contribution in [0.2, 0.25) is 0 Å². The number of hydrogen-bond acceptors (Lipinski definition) is 3. The maximum atomic E-state index is 12.0. The van der Waals surface area contributed by atoms with Gasteiger partial charge in [-0.2, -0.15) is 0 Å². The maximum Gasteiger partial charge on any atom is 0.314 e. The molecule has 0 N–H and O–H groups in total. The minimum absolute atomic E-state index is 0.0655. The Labute approximate surface area is 113 Å². The van der Waals surface area contributed by atoms with Crippen molar-refractivity contribution in [3.05, 3.63) is 35.9 Å². The Kier molecular flexibility index (Phi) is 3.04. The van der Waals surface area contributed by atoms with Crippen molar-refractivity contribution in [3.8, 4) is 11.8 Å². The summed E-state index contributed by atoms with van der Waals surface area (Å²) in [5.41, 5.74) is 0.606. The van der Waals surface area contributed by atoms with Gasteiger partial charge in [0.2, 0.25) is 0 Å². The highest BCUT2D eigenvalue weighted by Crippen LogP contribution is 2.43. The van der Waals surface area contributed by atoms with Crippen molar-refractivity contribution in [1.29, 1.82) is 0 Å². The summed E-state index contributed by atoms with van der Waals surface area (Å²) in [6.07, 6.45) is 0.796. The number of likely N-dealkylation sites (tertiary alicyclic amines) is 1. The minimum Gasteiger partial charge on any atom is -0.465 e. The molecule has 2 fully saturated rings. The number of esters is 1. The minimum atomic E-state index is -0.392. The van der Waals surface area contributed by atoms with Crippen molar-refractivity contribution in [2.24, 2.45) is 11.3 Å². The van der Waals surface area contributed by atoms with E-state index in [1.165, 1.54) is 0 Å². The predicted octanol–water partition coefficient (Wildman–Crippen LogP) is 1.53. The molecule has 0 bridgehead atoms. The topological polar surface area (TPSA) is 29.5 Å². The summed E-state index contributed by atoms with van der Waals surface area (Å²) < 4.78 is 5.19. The van der Waals surface area contributed by atoms with Gasteiger partial charge in [-0.05, 0) is 19.2 Å². The molecule has 0 unspecified atom stereocenters. The smallest absolute Gasteiger partial charge is 0.314 e. The average Bonchev–Trinajstić information content (AvgIpc) is 2.93. The summed E-state index contributed by atoms with van der Waals surface area (Å²) in [4.78, 5) is 14.2. The van der Waals surface area contributed by atoms with E-state index in [-0.39, 0.29) is 11.9 Å². The van der Waals surface area contributed by atoms with E-state index in [0.717, 1.165) is 25.1 Å². The molecule has 98 valence electrons. The zero-order valence-electron chi connectivity index (χ0n) is 11.1. The number of hydrogen-bond donors (Lipinski definition) is 0. The van der Waals surface area contributed by atoms with Gasteiger partial charge in [-0.15, -0.1) is 0 Å². The number of nitrogens with zero attached hydrogens (tertiary/aromatic N) is 1. The SMILES string of the molecule is CN1C[C@H](C#Cc2ccccc2)[C@]2(CCOC2=O)C1. The van der Waals surface area contributed by atoms with E-state index < -0.39 is 5.41 Å². The fraction of sp³-hybridized carbons (Fsp3) is 0.438. The van der Waals surface area contributed by atoms with Crippen molar-refractivity contribution in [1.82, 2.24) is 4.90 Å². The largest absolute Gasteiger partial charge is 0.465 e. The zero-order valence-corrected chi connectivity index (χ0v) is 11.1. The van der Waals surface area contributed by atoms with Crippen molar-refractivity contribution in [2.45, 2.75) is 6.42 Å². The van der Waals surface area contributed by atoms with E-state index in [2.05, 4.69) is 16.7 Å². The van der Waals surface area contributed by atoms with Crippen LogP contribution in [0.25, 0.3) is 0 Å². The first-order valence-electron chi connectivity index (χ1n) is 6.63. The molecule has 1 spiro atoms.